The molecule has 1 aromatic heterocycles. The van der Waals surface area contributed by atoms with E-state index in [1.165, 1.54) is 35.2 Å². The Morgan fingerprint density at radius 2 is 2.07 bits per heavy atom. The molecule has 4 heteroatoms. The highest BCUT2D eigenvalue weighted by Crippen LogP contribution is 2.22. The molecular formula is C26H32FN3. The summed E-state index contributed by atoms with van der Waals surface area (Å²) in [5.41, 5.74) is 2.48. The topological polar surface area (TPSA) is 19.4 Å². The third kappa shape index (κ3) is 5.44. The number of hydrogen-bond donors (Lipinski definition) is 0. The molecule has 1 fully saturated rings. The van der Waals surface area contributed by atoms with Gasteiger partial charge in [0.1, 0.15) is 5.82 Å². The van der Waals surface area contributed by atoms with Crippen molar-refractivity contribution in [3.8, 4) is 0 Å². The van der Waals surface area contributed by atoms with Crippen molar-refractivity contribution in [3.63, 3.8) is 0 Å². The second-order valence-corrected chi connectivity index (χ2v) is 8.53. The Bertz CT molecular complexity index is 952. The molecule has 1 unspecified atom stereocenters. The molecule has 1 saturated heterocycles. The van der Waals surface area contributed by atoms with Gasteiger partial charge in [-0.1, -0.05) is 37.3 Å². The average Bonchev–Trinajstić information content (AvgIpc) is 2.78. The maximum absolute atomic E-state index is 13.4. The molecule has 0 N–H and O–H groups in total. The van der Waals surface area contributed by atoms with Crippen molar-refractivity contribution in [2.75, 3.05) is 32.7 Å². The van der Waals surface area contributed by atoms with Gasteiger partial charge in [-0.05, 0) is 73.0 Å². The summed E-state index contributed by atoms with van der Waals surface area (Å²) >= 11 is 0. The average molecular weight is 406 g/mol. The smallest absolute Gasteiger partial charge is 0.123 e. The molecule has 0 saturated carbocycles. The van der Waals surface area contributed by atoms with Gasteiger partial charge in [0.15, 0.2) is 0 Å². The molecule has 3 aromatic rings. The van der Waals surface area contributed by atoms with Gasteiger partial charge in [0.25, 0.3) is 0 Å². The maximum Gasteiger partial charge on any atom is 0.123 e. The van der Waals surface area contributed by atoms with E-state index in [0.717, 1.165) is 51.3 Å². The monoisotopic (exact) mass is 405 g/mol. The minimum Gasteiger partial charge on any atom is -0.303 e. The predicted octanol–water partition coefficient (Wildman–Crippen LogP) is 5.15. The molecule has 1 aliphatic rings. The van der Waals surface area contributed by atoms with E-state index in [1.54, 1.807) is 6.07 Å². The quantitative estimate of drug-likeness (QED) is 0.517. The maximum atomic E-state index is 13.4. The van der Waals surface area contributed by atoms with Crippen LogP contribution in [0.1, 0.15) is 30.9 Å². The zero-order valence-corrected chi connectivity index (χ0v) is 17.9. The second-order valence-electron chi connectivity index (χ2n) is 8.53. The molecule has 0 bridgehead atoms. The second kappa shape index (κ2) is 10.1. The van der Waals surface area contributed by atoms with Crippen LogP contribution in [-0.4, -0.2) is 47.5 Å². The van der Waals surface area contributed by atoms with Gasteiger partial charge in [0.05, 0.1) is 0 Å². The Balaban J connectivity index is 1.34. The van der Waals surface area contributed by atoms with Gasteiger partial charge in [-0.25, -0.2) is 4.39 Å². The predicted molar refractivity (Wildman–Crippen MR) is 122 cm³/mol. The molecule has 2 aromatic carbocycles. The summed E-state index contributed by atoms with van der Waals surface area (Å²) in [7, 11) is 0. The lowest BCUT2D eigenvalue weighted by molar-refractivity contribution is 0.133. The lowest BCUT2D eigenvalue weighted by atomic mass is 9.96. The number of aromatic nitrogens is 1. The third-order valence-corrected chi connectivity index (χ3v) is 6.34. The standard InChI is InChI=1S/C26H32FN3/c1-2-29(20-24-9-4-8-23-17-28-13-11-26(23)24)18-22-7-5-14-30(19-22)15-12-21-6-3-10-25(27)16-21/h3-4,6,8-11,13,16-17,22H,2,5,7,12,14-15,18-20H2,1H3. The minimum absolute atomic E-state index is 0.133. The molecule has 3 nitrogen and oxygen atoms in total. The van der Waals surface area contributed by atoms with Crippen molar-refractivity contribution in [2.24, 2.45) is 5.92 Å². The summed E-state index contributed by atoms with van der Waals surface area (Å²) < 4.78 is 13.4. The highest BCUT2D eigenvalue weighted by Gasteiger charge is 2.22. The number of rotatable bonds is 8. The third-order valence-electron chi connectivity index (χ3n) is 6.34. The molecule has 30 heavy (non-hydrogen) atoms. The fraction of sp³-hybridized carbons (Fsp3) is 0.423. The van der Waals surface area contributed by atoms with Gasteiger partial charge in [-0.15, -0.1) is 0 Å². The van der Waals surface area contributed by atoms with Crippen LogP contribution in [0.15, 0.2) is 60.9 Å². The fourth-order valence-electron chi connectivity index (χ4n) is 4.72. The highest BCUT2D eigenvalue weighted by atomic mass is 19.1. The van der Waals surface area contributed by atoms with Crippen LogP contribution in [0, 0.1) is 11.7 Å². The zero-order chi connectivity index (χ0) is 20.8. The van der Waals surface area contributed by atoms with Gasteiger partial charge in [-0.3, -0.25) is 9.88 Å². The lowest BCUT2D eigenvalue weighted by Gasteiger charge is -2.35. The number of fused-ring (bicyclic) bond motifs is 1. The minimum atomic E-state index is -0.133. The number of likely N-dealkylation sites (tertiary alicyclic amines) is 1. The SMILES string of the molecule is CCN(Cc1cccc2cnccc12)CC1CCCN(CCc2cccc(F)c2)C1. The van der Waals surface area contributed by atoms with Gasteiger partial charge in [0.2, 0.25) is 0 Å². The van der Waals surface area contributed by atoms with Gasteiger partial charge in [-0.2, -0.15) is 0 Å². The van der Waals surface area contributed by atoms with Crippen LogP contribution in [0.3, 0.4) is 0 Å². The van der Waals surface area contributed by atoms with E-state index in [2.05, 4.69) is 46.0 Å². The molecule has 0 spiro atoms. The van der Waals surface area contributed by atoms with Crippen molar-refractivity contribution in [3.05, 3.63) is 77.9 Å². The normalized spacial score (nSPS) is 17.6. The van der Waals surface area contributed by atoms with Crippen LogP contribution in [-0.2, 0) is 13.0 Å². The zero-order valence-electron chi connectivity index (χ0n) is 17.9. The van der Waals surface area contributed by atoms with E-state index >= 15 is 0 Å². The first kappa shape index (κ1) is 21.0. The van der Waals surface area contributed by atoms with Crippen LogP contribution in [0.4, 0.5) is 4.39 Å². The van der Waals surface area contributed by atoms with Crippen LogP contribution in [0.2, 0.25) is 0 Å². The molecule has 158 valence electrons. The Morgan fingerprint density at radius 3 is 2.93 bits per heavy atom. The Kier molecular flexibility index (Phi) is 7.08. The number of piperidine rings is 1. The molecule has 2 heterocycles. The molecule has 1 atom stereocenters. The van der Waals surface area contributed by atoms with Crippen molar-refractivity contribution in [2.45, 2.75) is 32.7 Å². The van der Waals surface area contributed by atoms with E-state index < -0.39 is 0 Å². The molecule has 0 aliphatic carbocycles. The number of nitrogens with zero attached hydrogens (tertiary/aromatic N) is 3. The molecule has 4 rings (SSSR count). The Hall–Kier alpha value is -2.30. The Morgan fingerprint density at radius 1 is 1.17 bits per heavy atom. The summed E-state index contributed by atoms with van der Waals surface area (Å²) in [5, 5.41) is 2.53. The molecular weight excluding hydrogens is 373 g/mol. The first-order chi connectivity index (χ1) is 14.7. The number of halogens is 1. The number of benzene rings is 2. The van der Waals surface area contributed by atoms with Gasteiger partial charge in [0, 0.05) is 44.0 Å². The van der Waals surface area contributed by atoms with E-state index in [0.29, 0.717) is 5.92 Å². The fourth-order valence-corrected chi connectivity index (χ4v) is 4.72. The van der Waals surface area contributed by atoms with Crippen molar-refractivity contribution in [1.29, 1.82) is 0 Å². The van der Waals surface area contributed by atoms with E-state index in [9.17, 15) is 4.39 Å². The highest BCUT2D eigenvalue weighted by molar-refractivity contribution is 5.84. The number of hydrogen-bond acceptors (Lipinski definition) is 3. The molecule has 1 aliphatic heterocycles. The van der Waals surface area contributed by atoms with E-state index in [-0.39, 0.29) is 5.82 Å². The summed E-state index contributed by atoms with van der Waals surface area (Å²) in [5.74, 6) is 0.565. The summed E-state index contributed by atoms with van der Waals surface area (Å²) in [6, 6.07) is 15.7. The van der Waals surface area contributed by atoms with Gasteiger partial charge >= 0.3 is 0 Å². The summed E-state index contributed by atoms with van der Waals surface area (Å²) in [6.07, 6.45) is 7.32. The van der Waals surface area contributed by atoms with Crippen molar-refractivity contribution < 1.29 is 4.39 Å². The largest absolute Gasteiger partial charge is 0.303 e. The van der Waals surface area contributed by atoms with Crippen LogP contribution in [0.5, 0.6) is 0 Å². The van der Waals surface area contributed by atoms with Crippen LogP contribution < -0.4 is 0 Å². The van der Waals surface area contributed by atoms with Crippen LogP contribution in [0.25, 0.3) is 10.8 Å². The lowest BCUT2D eigenvalue weighted by Crippen LogP contribution is -2.41. The Labute approximate surface area is 179 Å². The summed E-state index contributed by atoms with van der Waals surface area (Å²) in [4.78, 5) is 9.40. The van der Waals surface area contributed by atoms with Crippen molar-refractivity contribution >= 4 is 10.8 Å². The van der Waals surface area contributed by atoms with Crippen molar-refractivity contribution in [1.82, 2.24) is 14.8 Å². The molecule has 0 amide bonds. The first-order valence-corrected chi connectivity index (χ1v) is 11.2. The van der Waals surface area contributed by atoms with Gasteiger partial charge < -0.3 is 4.90 Å². The molecule has 0 radical (unpaired) electrons. The number of pyridine rings is 1. The first-order valence-electron chi connectivity index (χ1n) is 11.2. The summed E-state index contributed by atoms with van der Waals surface area (Å²) in [6.45, 7) is 8.76. The van der Waals surface area contributed by atoms with E-state index in [1.807, 2.05) is 24.5 Å². The van der Waals surface area contributed by atoms with E-state index in [4.69, 9.17) is 0 Å². The van der Waals surface area contributed by atoms with Crippen LogP contribution >= 0.6 is 0 Å².